The summed E-state index contributed by atoms with van der Waals surface area (Å²) in [6.07, 6.45) is 0.489. The van der Waals surface area contributed by atoms with Crippen molar-refractivity contribution < 1.29 is 15.0 Å². The smallest absolute Gasteiger partial charge is 0.335 e. The second-order valence-corrected chi connectivity index (χ2v) is 4.82. The Hall–Kier alpha value is -1.04. The number of benzene rings is 1. The van der Waals surface area contributed by atoms with E-state index in [1.54, 1.807) is 0 Å². The molecule has 100 valence electrons. The third kappa shape index (κ3) is 4.01. The van der Waals surface area contributed by atoms with E-state index in [4.69, 9.17) is 10.8 Å². The average molecular weight is 337 g/mol. The predicted octanol–water partition coefficient (Wildman–Crippen LogP) is 3.24. The molecule has 0 aliphatic heterocycles. The van der Waals surface area contributed by atoms with Crippen molar-refractivity contribution in [2.45, 2.75) is 19.4 Å². The first-order valence-electron chi connectivity index (χ1n) is 4.98. The van der Waals surface area contributed by atoms with E-state index >= 15 is 0 Å². The Morgan fingerprint density at radius 1 is 1.56 bits per heavy atom. The number of aromatic hydroxyl groups is 1. The van der Waals surface area contributed by atoms with Gasteiger partial charge in [0.15, 0.2) is 0 Å². The van der Waals surface area contributed by atoms with Crippen LogP contribution < -0.4 is 5.73 Å². The lowest BCUT2D eigenvalue weighted by Crippen LogP contribution is -2.12. The molecule has 6 heteroatoms. The molecule has 1 aromatic carbocycles. The maximum atomic E-state index is 10.9. The lowest BCUT2D eigenvalue weighted by molar-refractivity contribution is 0.0696. The molecule has 18 heavy (non-hydrogen) atoms. The van der Waals surface area contributed by atoms with Crippen LogP contribution in [0.4, 0.5) is 0 Å². The van der Waals surface area contributed by atoms with E-state index in [0.717, 1.165) is 5.57 Å². The van der Waals surface area contributed by atoms with Gasteiger partial charge in [-0.2, -0.15) is 0 Å². The summed E-state index contributed by atoms with van der Waals surface area (Å²) in [4.78, 5) is 10.9. The van der Waals surface area contributed by atoms with Crippen LogP contribution in [0.3, 0.4) is 0 Å². The first-order chi connectivity index (χ1) is 7.82. The van der Waals surface area contributed by atoms with E-state index in [0.29, 0.717) is 16.5 Å². The Morgan fingerprint density at radius 2 is 2.11 bits per heavy atom. The van der Waals surface area contributed by atoms with Gasteiger partial charge < -0.3 is 15.9 Å². The van der Waals surface area contributed by atoms with Crippen LogP contribution in [0.5, 0.6) is 5.75 Å². The quantitative estimate of drug-likeness (QED) is 0.737. The molecule has 0 spiro atoms. The molecule has 0 radical (unpaired) electrons. The Balaban J connectivity index is 0.00000289. The maximum absolute atomic E-state index is 10.9. The normalized spacial score (nSPS) is 11.5. The number of carboxylic acids is 1. The van der Waals surface area contributed by atoms with Gasteiger partial charge in [0, 0.05) is 11.6 Å². The van der Waals surface area contributed by atoms with Crippen LogP contribution in [-0.4, -0.2) is 16.2 Å². The number of aromatic carboxylic acids is 1. The van der Waals surface area contributed by atoms with Crippen LogP contribution in [0.25, 0.3) is 0 Å². The van der Waals surface area contributed by atoms with Gasteiger partial charge >= 0.3 is 5.97 Å². The highest BCUT2D eigenvalue weighted by molar-refractivity contribution is 9.10. The molecule has 0 saturated heterocycles. The predicted molar refractivity (Wildman–Crippen MR) is 76.4 cm³/mol. The number of hydrogen-bond acceptors (Lipinski definition) is 3. The number of phenols is 1. The largest absolute Gasteiger partial charge is 0.506 e. The highest BCUT2D eigenvalue weighted by Crippen LogP contribution is 2.34. The molecule has 4 nitrogen and oxygen atoms in total. The number of hydrogen-bond donors (Lipinski definition) is 3. The molecule has 1 atom stereocenters. The van der Waals surface area contributed by atoms with Crippen molar-refractivity contribution in [2.24, 2.45) is 5.73 Å². The molecule has 0 fully saturated rings. The molecule has 0 aliphatic carbocycles. The van der Waals surface area contributed by atoms with Gasteiger partial charge in [0.1, 0.15) is 5.75 Å². The molecule has 0 aromatic heterocycles. The van der Waals surface area contributed by atoms with Crippen LogP contribution in [0.15, 0.2) is 28.8 Å². The molecule has 1 rings (SSSR count). The molecular weight excluding hydrogens is 321 g/mol. The fraction of sp³-hybridized carbons (Fsp3) is 0.250. The van der Waals surface area contributed by atoms with Gasteiger partial charge in [0.05, 0.1) is 10.0 Å². The number of nitrogens with two attached hydrogens (primary N) is 1. The molecular formula is C12H15BrClNO3. The summed E-state index contributed by atoms with van der Waals surface area (Å²) in [6, 6.07) is 2.26. The zero-order valence-corrected chi connectivity index (χ0v) is 12.2. The summed E-state index contributed by atoms with van der Waals surface area (Å²) < 4.78 is 0.324. The number of rotatable bonds is 4. The molecule has 0 saturated carbocycles. The number of phenolic OH excluding ortho intramolecular Hbond substituents is 1. The van der Waals surface area contributed by atoms with Crippen LogP contribution in [0.1, 0.15) is 35.3 Å². The van der Waals surface area contributed by atoms with Crippen molar-refractivity contribution >= 4 is 34.3 Å². The minimum Gasteiger partial charge on any atom is -0.506 e. The average Bonchev–Trinajstić information content (AvgIpc) is 2.20. The summed E-state index contributed by atoms with van der Waals surface area (Å²) in [5, 5.41) is 18.8. The van der Waals surface area contributed by atoms with Gasteiger partial charge in [-0.3, -0.25) is 0 Å². The van der Waals surface area contributed by atoms with E-state index in [1.807, 2.05) is 6.92 Å². The number of carbonyl (C=O) groups is 1. The van der Waals surface area contributed by atoms with Gasteiger partial charge in [0.2, 0.25) is 0 Å². The summed E-state index contributed by atoms with van der Waals surface area (Å²) >= 11 is 3.11. The number of halogens is 2. The van der Waals surface area contributed by atoms with Gasteiger partial charge in [-0.1, -0.05) is 5.57 Å². The minimum atomic E-state index is -1.06. The third-order valence-electron chi connectivity index (χ3n) is 2.31. The first kappa shape index (κ1) is 17.0. The molecule has 1 aromatic rings. The van der Waals surface area contributed by atoms with Crippen molar-refractivity contribution in [1.29, 1.82) is 0 Å². The lowest BCUT2D eigenvalue weighted by Gasteiger charge is -2.15. The summed E-state index contributed by atoms with van der Waals surface area (Å²) in [5.41, 5.74) is 7.26. The van der Waals surface area contributed by atoms with Crippen molar-refractivity contribution in [1.82, 2.24) is 0 Å². The highest BCUT2D eigenvalue weighted by atomic mass is 79.9. The molecule has 0 amide bonds. The molecule has 0 heterocycles. The molecule has 0 bridgehead atoms. The van der Waals surface area contributed by atoms with Gasteiger partial charge in [-0.25, -0.2) is 4.79 Å². The van der Waals surface area contributed by atoms with Crippen LogP contribution >= 0.6 is 28.3 Å². The first-order valence-corrected chi connectivity index (χ1v) is 5.78. The zero-order valence-electron chi connectivity index (χ0n) is 9.81. The second-order valence-electron chi connectivity index (χ2n) is 3.97. The minimum absolute atomic E-state index is 0. The Labute approximate surface area is 120 Å². The van der Waals surface area contributed by atoms with Crippen molar-refractivity contribution in [3.05, 3.63) is 39.9 Å². The standard InChI is InChI=1S/C12H14BrNO3.ClH/c1-6(2)3-10(14)8-4-7(12(16)17)5-9(13)11(8)15;/h4-5,10,15H,1,3,14H2,2H3,(H,16,17);1H/t10-;/m1./s1. The monoisotopic (exact) mass is 335 g/mol. The lowest BCUT2D eigenvalue weighted by atomic mass is 9.98. The highest BCUT2D eigenvalue weighted by Gasteiger charge is 2.17. The van der Waals surface area contributed by atoms with E-state index < -0.39 is 12.0 Å². The van der Waals surface area contributed by atoms with Crippen LogP contribution in [-0.2, 0) is 0 Å². The Bertz CT molecular complexity index is 477. The van der Waals surface area contributed by atoms with Crippen molar-refractivity contribution in [2.75, 3.05) is 0 Å². The summed E-state index contributed by atoms with van der Waals surface area (Å²) in [5.74, 6) is -1.08. The third-order valence-corrected chi connectivity index (χ3v) is 2.91. The zero-order chi connectivity index (χ0) is 13.2. The van der Waals surface area contributed by atoms with Gasteiger partial charge in [-0.15, -0.1) is 19.0 Å². The van der Waals surface area contributed by atoms with Crippen LogP contribution in [0, 0.1) is 0 Å². The SMILES string of the molecule is C=C(C)C[C@@H](N)c1cc(C(=O)O)cc(Br)c1O.Cl. The van der Waals surface area contributed by atoms with Crippen molar-refractivity contribution in [3.63, 3.8) is 0 Å². The second kappa shape index (κ2) is 6.78. The topological polar surface area (TPSA) is 83.6 Å². The number of carboxylic acid groups (broad SMARTS) is 1. The van der Waals surface area contributed by atoms with E-state index in [-0.39, 0.29) is 23.7 Å². The fourth-order valence-corrected chi connectivity index (χ4v) is 1.99. The van der Waals surface area contributed by atoms with Gasteiger partial charge in [-0.05, 0) is 41.4 Å². The van der Waals surface area contributed by atoms with E-state index in [1.165, 1.54) is 12.1 Å². The van der Waals surface area contributed by atoms with Crippen molar-refractivity contribution in [3.8, 4) is 5.75 Å². The van der Waals surface area contributed by atoms with E-state index in [2.05, 4.69) is 22.5 Å². The molecule has 0 aliphatic rings. The fourth-order valence-electron chi connectivity index (χ4n) is 1.51. The molecule has 0 unspecified atom stereocenters. The summed E-state index contributed by atoms with van der Waals surface area (Å²) in [7, 11) is 0. The maximum Gasteiger partial charge on any atom is 0.335 e. The summed E-state index contributed by atoms with van der Waals surface area (Å²) in [6.45, 7) is 5.57. The van der Waals surface area contributed by atoms with Gasteiger partial charge in [0.25, 0.3) is 0 Å². The Morgan fingerprint density at radius 3 is 2.56 bits per heavy atom. The Kier molecular flexibility index (Phi) is 6.38. The van der Waals surface area contributed by atoms with E-state index in [9.17, 15) is 9.90 Å². The van der Waals surface area contributed by atoms with Crippen LogP contribution in [0.2, 0.25) is 0 Å². The molecule has 4 N–H and O–H groups in total.